The Morgan fingerprint density at radius 3 is 2.14 bits per heavy atom. The summed E-state index contributed by atoms with van der Waals surface area (Å²) in [6, 6.07) is 18.0. The van der Waals surface area contributed by atoms with Crippen LogP contribution < -0.4 is 5.32 Å². The van der Waals surface area contributed by atoms with Crippen LogP contribution in [0.4, 0.5) is 17.1 Å². The zero-order valence-corrected chi connectivity index (χ0v) is 12.8. The molecule has 0 amide bonds. The summed E-state index contributed by atoms with van der Waals surface area (Å²) >= 11 is 0. The lowest BCUT2D eigenvalue weighted by Gasteiger charge is -2.16. The van der Waals surface area contributed by atoms with Crippen LogP contribution in [0.3, 0.4) is 0 Å². The van der Waals surface area contributed by atoms with Crippen LogP contribution in [0.1, 0.15) is 27.2 Å². The summed E-state index contributed by atoms with van der Waals surface area (Å²) in [7, 11) is 0. The highest BCUT2D eigenvalue weighted by Crippen LogP contribution is 2.21. The lowest BCUT2D eigenvalue weighted by Crippen LogP contribution is -2.21. The van der Waals surface area contributed by atoms with Gasteiger partial charge in [0.05, 0.1) is 11.3 Å². The van der Waals surface area contributed by atoms with Gasteiger partial charge in [-0.15, -0.1) is 0 Å². The van der Waals surface area contributed by atoms with Crippen LogP contribution in [-0.2, 0) is 0 Å². The zero-order valence-electron chi connectivity index (χ0n) is 12.8. The number of aliphatic hydroxyl groups is 1. The summed E-state index contributed by atoms with van der Waals surface area (Å²) in [6.07, 6.45) is 0.566. The second-order valence-electron chi connectivity index (χ2n) is 5.87. The number of nitrogens with zero attached hydrogens (tertiary/aromatic N) is 1. The van der Waals surface area contributed by atoms with E-state index in [4.69, 9.17) is 0 Å². The molecule has 110 valence electrons. The summed E-state index contributed by atoms with van der Waals surface area (Å²) in [6.45, 7) is 5.52. The molecule has 0 radical (unpaired) electrons. The van der Waals surface area contributed by atoms with E-state index >= 15 is 0 Å². The van der Waals surface area contributed by atoms with Crippen LogP contribution in [-0.4, -0.2) is 16.4 Å². The maximum absolute atomic E-state index is 9.78. The molecule has 0 fully saturated rings. The van der Waals surface area contributed by atoms with Gasteiger partial charge in [0.15, 0.2) is 0 Å². The number of rotatable bonds is 5. The van der Waals surface area contributed by atoms with E-state index in [-0.39, 0.29) is 0 Å². The topological polar surface area (TPSA) is 44.6 Å². The van der Waals surface area contributed by atoms with Gasteiger partial charge in [0.2, 0.25) is 0 Å². The van der Waals surface area contributed by atoms with Crippen molar-refractivity contribution in [1.82, 2.24) is 0 Å². The average Bonchev–Trinajstić information content (AvgIpc) is 2.40. The van der Waals surface area contributed by atoms with E-state index in [2.05, 4.69) is 10.3 Å². The Balaban J connectivity index is 2.04. The molecule has 0 saturated carbocycles. The molecule has 3 heteroatoms. The lowest BCUT2D eigenvalue weighted by atomic mass is 10.0. The molecule has 2 N–H and O–H groups in total. The standard InChI is InChI=1S/C18H22N2O/c1-14(13-18(2,3)21)19-16-9-11-17(12-10-16)20-15-7-5-4-6-8-15/h4-12,20-21H,13H2,1-3H3. The Bertz CT molecular complexity index is 595. The molecule has 21 heavy (non-hydrogen) atoms. The molecule has 2 rings (SSSR count). The van der Waals surface area contributed by atoms with Crippen LogP contribution in [0.2, 0.25) is 0 Å². The average molecular weight is 282 g/mol. The Morgan fingerprint density at radius 1 is 1.00 bits per heavy atom. The van der Waals surface area contributed by atoms with Crippen molar-refractivity contribution in [1.29, 1.82) is 0 Å². The fourth-order valence-electron chi connectivity index (χ4n) is 2.19. The minimum Gasteiger partial charge on any atom is -0.390 e. The van der Waals surface area contributed by atoms with E-state index in [1.807, 2.05) is 61.5 Å². The summed E-state index contributed by atoms with van der Waals surface area (Å²) in [5, 5.41) is 13.1. The maximum atomic E-state index is 9.78. The van der Waals surface area contributed by atoms with Crippen molar-refractivity contribution in [2.45, 2.75) is 32.8 Å². The number of para-hydroxylation sites is 1. The molecular formula is C18H22N2O. The molecule has 3 nitrogen and oxygen atoms in total. The minimum atomic E-state index is -0.720. The minimum absolute atomic E-state index is 0.566. The Labute approximate surface area is 126 Å². The highest BCUT2D eigenvalue weighted by Gasteiger charge is 2.13. The second kappa shape index (κ2) is 6.55. The second-order valence-corrected chi connectivity index (χ2v) is 5.87. The van der Waals surface area contributed by atoms with Crippen LogP contribution in [0, 0.1) is 0 Å². The largest absolute Gasteiger partial charge is 0.390 e. The summed E-state index contributed by atoms with van der Waals surface area (Å²) < 4.78 is 0. The number of hydrogen-bond acceptors (Lipinski definition) is 3. The van der Waals surface area contributed by atoms with Gasteiger partial charge in [0.25, 0.3) is 0 Å². The lowest BCUT2D eigenvalue weighted by molar-refractivity contribution is 0.0885. The first kappa shape index (κ1) is 15.3. The first-order chi connectivity index (χ1) is 9.92. The third kappa shape index (κ3) is 5.40. The molecule has 0 bridgehead atoms. The molecule has 0 aliphatic rings. The van der Waals surface area contributed by atoms with E-state index < -0.39 is 5.60 Å². The van der Waals surface area contributed by atoms with E-state index in [1.165, 1.54) is 0 Å². The fourth-order valence-corrected chi connectivity index (χ4v) is 2.19. The highest BCUT2D eigenvalue weighted by atomic mass is 16.3. The van der Waals surface area contributed by atoms with Gasteiger partial charge in [-0.2, -0.15) is 0 Å². The number of benzene rings is 2. The van der Waals surface area contributed by atoms with Crippen molar-refractivity contribution in [3.63, 3.8) is 0 Å². The predicted molar refractivity (Wildman–Crippen MR) is 89.9 cm³/mol. The van der Waals surface area contributed by atoms with Gasteiger partial charge in [-0.25, -0.2) is 0 Å². The number of nitrogens with one attached hydrogen (secondary N) is 1. The van der Waals surface area contributed by atoms with Crippen LogP contribution in [0.25, 0.3) is 0 Å². The van der Waals surface area contributed by atoms with E-state index in [1.54, 1.807) is 13.8 Å². The van der Waals surface area contributed by atoms with Crippen molar-refractivity contribution >= 4 is 22.8 Å². The Hall–Kier alpha value is -2.13. The molecule has 0 heterocycles. The zero-order chi connectivity index (χ0) is 15.3. The summed E-state index contributed by atoms with van der Waals surface area (Å²) in [4.78, 5) is 4.52. The van der Waals surface area contributed by atoms with Gasteiger partial charge in [0.1, 0.15) is 0 Å². The van der Waals surface area contributed by atoms with Gasteiger partial charge < -0.3 is 10.4 Å². The third-order valence-electron chi connectivity index (χ3n) is 2.94. The van der Waals surface area contributed by atoms with Crippen molar-refractivity contribution < 1.29 is 5.11 Å². The Kier molecular flexibility index (Phi) is 4.76. The van der Waals surface area contributed by atoms with Crippen molar-refractivity contribution in [2.75, 3.05) is 5.32 Å². The molecule has 0 aliphatic carbocycles. The fraction of sp³-hybridized carbons (Fsp3) is 0.278. The number of anilines is 2. The van der Waals surface area contributed by atoms with Crippen LogP contribution in [0.15, 0.2) is 59.6 Å². The summed E-state index contributed by atoms with van der Waals surface area (Å²) in [5.41, 5.74) is 3.19. The van der Waals surface area contributed by atoms with E-state index in [0.717, 1.165) is 22.8 Å². The normalized spacial score (nSPS) is 12.3. The predicted octanol–water partition coefficient (Wildman–Crippen LogP) is 4.68. The van der Waals surface area contributed by atoms with Crippen molar-refractivity contribution in [2.24, 2.45) is 4.99 Å². The first-order valence-electron chi connectivity index (χ1n) is 7.11. The smallest absolute Gasteiger partial charge is 0.0643 e. The monoisotopic (exact) mass is 282 g/mol. The van der Waals surface area contributed by atoms with Crippen molar-refractivity contribution in [3.05, 3.63) is 54.6 Å². The van der Waals surface area contributed by atoms with Gasteiger partial charge >= 0.3 is 0 Å². The number of aliphatic imine (C=N–C) groups is 1. The molecule has 0 unspecified atom stereocenters. The van der Waals surface area contributed by atoms with E-state index in [0.29, 0.717) is 6.42 Å². The molecule has 0 atom stereocenters. The van der Waals surface area contributed by atoms with Gasteiger partial charge in [-0.3, -0.25) is 4.99 Å². The van der Waals surface area contributed by atoms with Gasteiger partial charge in [0, 0.05) is 23.5 Å². The summed E-state index contributed by atoms with van der Waals surface area (Å²) in [5.74, 6) is 0. The van der Waals surface area contributed by atoms with Crippen molar-refractivity contribution in [3.8, 4) is 0 Å². The molecule has 0 spiro atoms. The Morgan fingerprint density at radius 2 is 1.57 bits per heavy atom. The SMILES string of the molecule is CC(CC(C)(C)O)=Nc1ccc(Nc2ccccc2)cc1. The molecule has 2 aromatic carbocycles. The molecular weight excluding hydrogens is 260 g/mol. The van der Waals surface area contributed by atoms with Gasteiger partial charge in [-0.1, -0.05) is 18.2 Å². The maximum Gasteiger partial charge on any atom is 0.0643 e. The van der Waals surface area contributed by atoms with Crippen LogP contribution >= 0.6 is 0 Å². The van der Waals surface area contributed by atoms with E-state index in [9.17, 15) is 5.11 Å². The third-order valence-corrected chi connectivity index (χ3v) is 2.94. The molecule has 0 aromatic heterocycles. The quantitative estimate of drug-likeness (QED) is 0.782. The highest BCUT2D eigenvalue weighted by molar-refractivity contribution is 5.85. The molecule has 2 aromatic rings. The van der Waals surface area contributed by atoms with Gasteiger partial charge in [-0.05, 0) is 57.2 Å². The van der Waals surface area contributed by atoms with Crippen LogP contribution in [0.5, 0.6) is 0 Å². The first-order valence-corrected chi connectivity index (χ1v) is 7.11. The molecule has 0 aliphatic heterocycles. The molecule has 0 saturated heterocycles. The number of hydrogen-bond donors (Lipinski definition) is 2.